The Morgan fingerprint density at radius 2 is 2.13 bits per heavy atom. The highest BCUT2D eigenvalue weighted by atomic mass is 79.9. The van der Waals surface area contributed by atoms with Crippen LogP contribution in [0.3, 0.4) is 0 Å². The van der Waals surface area contributed by atoms with Crippen molar-refractivity contribution in [3.8, 4) is 0 Å². The molecule has 0 bridgehead atoms. The largest absolute Gasteiger partial charge is 0.371 e. The molecule has 0 aliphatic carbocycles. The van der Waals surface area contributed by atoms with Crippen LogP contribution in [0.2, 0.25) is 0 Å². The summed E-state index contributed by atoms with van der Waals surface area (Å²) in [5.74, 6) is 0.0579. The third-order valence-electron chi connectivity index (χ3n) is 4.00. The van der Waals surface area contributed by atoms with Crippen LogP contribution in [-0.2, 0) is 0 Å². The molecule has 1 atom stereocenters. The highest BCUT2D eigenvalue weighted by Crippen LogP contribution is 2.23. The van der Waals surface area contributed by atoms with Gasteiger partial charge in [0.1, 0.15) is 5.82 Å². The minimum Gasteiger partial charge on any atom is -0.371 e. The van der Waals surface area contributed by atoms with Gasteiger partial charge in [0.2, 0.25) is 0 Å². The lowest BCUT2D eigenvalue weighted by Crippen LogP contribution is -2.31. The molecule has 0 saturated carbocycles. The number of pyridine rings is 1. The monoisotopic (exact) mass is 377 g/mol. The zero-order valence-corrected chi connectivity index (χ0v) is 14.1. The number of hydrogen-bond acceptors (Lipinski definition) is 3. The van der Waals surface area contributed by atoms with Crippen molar-refractivity contribution in [3.05, 3.63) is 58.6 Å². The van der Waals surface area contributed by atoms with Crippen molar-refractivity contribution in [1.29, 1.82) is 0 Å². The first-order valence-electron chi connectivity index (χ1n) is 7.51. The maximum Gasteiger partial charge on any atom is 0.252 e. The van der Waals surface area contributed by atoms with Crippen LogP contribution in [0.1, 0.15) is 16.8 Å². The normalized spacial score (nSPS) is 17.3. The molecule has 2 heterocycles. The second kappa shape index (κ2) is 7.08. The average Bonchev–Trinajstić information content (AvgIpc) is 3.02. The van der Waals surface area contributed by atoms with Crippen molar-refractivity contribution in [2.24, 2.45) is 5.92 Å². The third-order valence-corrected chi connectivity index (χ3v) is 4.43. The van der Waals surface area contributed by atoms with Gasteiger partial charge < -0.3 is 10.2 Å². The number of halogens is 2. The zero-order valence-electron chi connectivity index (χ0n) is 12.5. The number of hydrogen-bond donors (Lipinski definition) is 1. The molecule has 1 amide bonds. The molecule has 1 aliphatic heterocycles. The molecule has 1 saturated heterocycles. The molecular formula is C17H17BrFN3O. The van der Waals surface area contributed by atoms with Crippen molar-refractivity contribution >= 4 is 27.5 Å². The minimum atomic E-state index is -0.223. The highest BCUT2D eigenvalue weighted by Gasteiger charge is 2.23. The molecule has 1 fully saturated rings. The molecule has 0 spiro atoms. The summed E-state index contributed by atoms with van der Waals surface area (Å²) >= 11 is 3.31. The quantitative estimate of drug-likeness (QED) is 0.889. The molecule has 2 aromatic rings. The Morgan fingerprint density at radius 1 is 1.35 bits per heavy atom. The zero-order chi connectivity index (χ0) is 16.2. The molecule has 1 aliphatic rings. The summed E-state index contributed by atoms with van der Waals surface area (Å²) in [6, 6.07) is 8.30. The summed E-state index contributed by atoms with van der Waals surface area (Å²) in [4.78, 5) is 18.3. The van der Waals surface area contributed by atoms with Crippen molar-refractivity contribution in [2.45, 2.75) is 6.42 Å². The van der Waals surface area contributed by atoms with E-state index < -0.39 is 0 Å². The fourth-order valence-electron chi connectivity index (χ4n) is 2.76. The van der Waals surface area contributed by atoms with E-state index in [4.69, 9.17) is 0 Å². The molecule has 3 rings (SSSR count). The fraction of sp³-hybridized carbons (Fsp3) is 0.294. The van der Waals surface area contributed by atoms with Crippen LogP contribution in [0, 0.1) is 11.7 Å². The SMILES string of the molecule is O=C(NCC1CCN(c2ccc(F)cc2)C1)c1cncc(Br)c1. The van der Waals surface area contributed by atoms with Crippen LogP contribution >= 0.6 is 15.9 Å². The third kappa shape index (κ3) is 4.07. The lowest BCUT2D eigenvalue weighted by molar-refractivity contribution is 0.0948. The molecule has 1 aromatic heterocycles. The van der Waals surface area contributed by atoms with E-state index in [1.54, 1.807) is 30.6 Å². The Labute approximate surface area is 142 Å². The van der Waals surface area contributed by atoms with E-state index in [1.165, 1.54) is 12.1 Å². The molecule has 1 N–H and O–H groups in total. The number of benzene rings is 1. The number of rotatable bonds is 4. The molecule has 0 radical (unpaired) electrons. The smallest absolute Gasteiger partial charge is 0.252 e. The minimum absolute atomic E-state index is 0.112. The molecule has 1 aromatic carbocycles. The van der Waals surface area contributed by atoms with Crippen LogP contribution < -0.4 is 10.2 Å². The Morgan fingerprint density at radius 3 is 2.87 bits per heavy atom. The number of anilines is 1. The van der Waals surface area contributed by atoms with Crippen LogP contribution in [0.25, 0.3) is 0 Å². The predicted octanol–water partition coefficient (Wildman–Crippen LogP) is 3.24. The first-order chi connectivity index (χ1) is 11.1. The van der Waals surface area contributed by atoms with Gasteiger partial charge in [0.25, 0.3) is 5.91 Å². The van der Waals surface area contributed by atoms with Gasteiger partial charge in [-0.05, 0) is 58.6 Å². The second-order valence-corrected chi connectivity index (χ2v) is 6.59. The van der Waals surface area contributed by atoms with E-state index in [2.05, 4.69) is 31.1 Å². The summed E-state index contributed by atoms with van der Waals surface area (Å²) in [6.45, 7) is 2.41. The van der Waals surface area contributed by atoms with E-state index in [-0.39, 0.29) is 11.7 Å². The Bertz CT molecular complexity index is 692. The van der Waals surface area contributed by atoms with Gasteiger partial charge in [-0.15, -0.1) is 0 Å². The van der Waals surface area contributed by atoms with Gasteiger partial charge in [-0.1, -0.05) is 0 Å². The van der Waals surface area contributed by atoms with Gasteiger partial charge in [-0.2, -0.15) is 0 Å². The van der Waals surface area contributed by atoms with Gasteiger partial charge in [0.15, 0.2) is 0 Å². The highest BCUT2D eigenvalue weighted by molar-refractivity contribution is 9.10. The number of nitrogens with one attached hydrogen (secondary N) is 1. The average molecular weight is 378 g/mol. The summed E-state index contributed by atoms with van der Waals surface area (Å²) in [7, 11) is 0. The standard InChI is InChI=1S/C17H17BrFN3O/c18-14-7-13(9-20-10-14)17(23)21-8-12-5-6-22(11-12)16-3-1-15(19)2-4-16/h1-4,7,9-10,12H,5-6,8,11H2,(H,21,23). The van der Waals surface area contributed by atoms with Crippen molar-refractivity contribution in [3.63, 3.8) is 0 Å². The molecular weight excluding hydrogens is 361 g/mol. The van der Waals surface area contributed by atoms with E-state index >= 15 is 0 Å². The first-order valence-corrected chi connectivity index (χ1v) is 8.30. The maximum atomic E-state index is 13.0. The lowest BCUT2D eigenvalue weighted by Gasteiger charge is -2.18. The van der Waals surface area contributed by atoms with E-state index in [0.29, 0.717) is 18.0 Å². The summed E-state index contributed by atoms with van der Waals surface area (Å²) in [5, 5.41) is 2.96. The van der Waals surface area contributed by atoms with Gasteiger partial charge in [0.05, 0.1) is 5.56 Å². The van der Waals surface area contributed by atoms with E-state index in [1.807, 2.05) is 0 Å². The fourth-order valence-corrected chi connectivity index (χ4v) is 3.13. The molecule has 120 valence electrons. The van der Waals surface area contributed by atoms with E-state index in [9.17, 15) is 9.18 Å². The van der Waals surface area contributed by atoms with Crippen molar-refractivity contribution in [1.82, 2.24) is 10.3 Å². The Kier molecular flexibility index (Phi) is 4.91. The van der Waals surface area contributed by atoms with Gasteiger partial charge in [-0.25, -0.2) is 4.39 Å². The topological polar surface area (TPSA) is 45.2 Å². The first kappa shape index (κ1) is 15.9. The van der Waals surface area contributed by atoms with Gasteiger partial charge in [0, 0.05) is 42.2 Å². The van der Waals surface area contributed by atoms with Gasteiger partial charge in [-0.3, -0.25) is 9.78 Å². The van der Waals surface area contributed by atoms with Gasteiger partial charge >= 0.3 is 0 Å². The second-order valence-electron chi connectivity index (χ2n) is 5.68. The molecule has 23 heavy (non-hydrogen) atoms. The van der Waals surface area contributed by atoms with Crippen LogP contribution in [0.5, 0.6) is 0 Å². The number of amides is 1. The maximum absolute atomic E-state index is 13.0. The number of aromatic nitrogens is 1. The van der Waals surface area contributed by atoms with Crippen molar-refractivity contribution < 1.29 is 9.18 Å². The molecule has 1 unspecified atom stereocenters. The van der Waals surface area contributed by atoms with E-state index in [0.717, 1.165) is 29.7 Å². The number of carbonyl (C=O) groups is 1. The number of nitrogens with zero attached hydrogens (tertiary/aromatic N) is 2. The molecule has 6 heteroatoms. The Balaban J connectivity index is 1.52. The molecule has 4 nitrogen and oxygen atoms in total. The number of carbonyl (C=O) groups excluding carboxylic acids is 1. The summed E-state index contributed by atoms with van der Waals surface area (Å²) < 4.78 is 13.8. The lowest BCUT2D eigenvalue weighted by atomic mass is 10.1. The summed E-state index contributed by atoms with van der Waals surface area (Å²) in [6.07, 6.45) is 4.21. The van der Waals surface area contributed by atoms with Crippen LogP contribution in [0.4, 0.5) is 10.1 Å². The van der Waals surface area contributed by atoms with Crippen LogP contribution in [-0.4, -0.2) is 30.5 Å². The van der Waals surface area contributed by atoms with Crippen molar-refractivity contribution in [2.75, 3.05) is 24.5 Å². The Hall–Kier alpha value is -1.95. The predicted molar refractivity (Wildman–Crippen MR) is 91.0 cm³/mol. The summed E-state index contributed by atoms with van der Waals surface area (Å²) in [5.41, 5.74) is 1.57. The van der Waals surface area contributed by atoms with Crippen LogP contribution in [0.15, 0.2) is 47.2 Å².